The number of aromatic amines is 1. The van der Waals surface area contributed by atoms with E-state index in [4.69, 9.17) is 16.3 Å². The minimum absolute atomic E-state index is 0.256. The number of H-pyrrole nitrogens is 1. The largest absolute Gasteiger partial charge is 0.452 e. The van der Waals surface area contributed by atoms with Crippen molar-refractivity contribution in [3.63, 3.8) is 0 Å². The maximum absolute atomic E-state index is 12.6. The highest BCUT2D eigenvalue weighted by Gasteiger charge is 2.17. The number of esters is 1. The lowest BCUT2D eigenvalue weighted by molar-refractivity contribution is -0.124. The number of amides is 1. The van der Waals surface area contributed by atoms with E-state index in [9.17, 15) is 9.59 Å². The fourth-order valence-corrected chi connectivity index (χ4v) is 3.25. The Morgan fingerprint density at radius 3 is 2.53 bits per heavy atom. The second kappa shape index (κ2) is 8.80. The van der Waals surface area contributed by atoms with Crippen LogP contribution in [0, 0.1) is 0 Å². The Labute approximate surface area is 177 Å². The highest BCUT2D eigenvalue weighted by Crippen LogP contribution is 2.24. The predicted molar refractivity (Wildman–Crippen MR) is 115 cm³/mol. The fraction of sp³-hybridized carbons (Fsp3) is 0.0870. The van der Waals surface area contributed by atoms with Crippen molar-refractivity contribution in [1.82, 2.24) is 15.3 Å². The summed E-state index contributed by atoms with van der Waals surface area (Å²) in [6.07, 6.45) is 0. The zero-order chi connectivity index (χ0) is 20.9. The molecule has 1 aromatic heterocycles. The Hall–Kier alpha value is -3.64. The number of halogens is 1. The van der Waals surface area contributed by atoms with E-state index < -0.39 is 18.5 Å². The first-order valence-corrected chi connectivity index (χ1v) is 9.71. The van der Waals surface area contributed by atoms with Gasteiger partial charge in [-0.15, -0.1) is 0 Å². The molecule has 0 unspecified atom stereocenters. The molecule has 0 saturated carbocycles. The summed E-state index contributed by atoms with van der Waals surface area (Å²) in [5.41, 5.74) is 3.39. The molecule has 0 aliphatic heterocycles. The van der Waals surface area contributed by atoms with Gasteiger partial charge in [-0.05, 0) is 29.8 Å². The Bertz CT molecular complexity index is 1190. The van der Waals surface area contributed by atoms with Crippen LogP contribution in [0.4, 0.5) is 0 Å². The van der Waals surface area contributed by atoms with E-state index in [1.165, 1.54) is 0 Å². The minimum atomic E-state index is -0.598. The number of benzene rings is 3. The van der Waals surface area contributed by atoms with Crippen molar-refractivity contribution < 1.29 is 14.3 Å². The standard InChI is InChI=1S/C23H18ClN3O3/c24-18-10-4-1-7-15(18)13-25-21(28)14-30-23(29)17-9-3-2-8-16(17)22-26-19-11-5-6-12-20(19)27-22/h1-12H,13-14H2,(H,25,28)(H,26,27). The van der Waals surface area contributed by atoms with E-state index in [0.717, 1.165) is 16.6 Å². The number of nitrogens with one attached hydrogen (secondary N) is 2. The molecule has 0 spiro atoms. The van der Waals surface area contributed by atoms with E-state index in [2.05, 4.69) is 15.3 Å². The third kappa shape index (κ3) is 4.34. The molecule has 0 atom stereocenters. The molecule has 1 heterocycles. The van der Waals surface area contributed by atoms with Gasteiger partial charge in [-0.3, -0.25) is 4.79 Å². The molecule has 2 N–H and O–H groups in total. The zero-order valence-corrected chi connectivity index (χ0v) is 16.6. The van der Waals surface area contributed by atoms with Gasteiger partial charge in [0.15, 0.2) is 6.61 Å². The summed E-state index contributed by atoms with van der Waals surface area (Å²) >= 11 is 6.07. The second-order valence-corrected chi connectivity index (χ2v) is 7.00. The van der Waals surface area contributed by atoms with Crippen molar-refractivity contribution in [2.45, 2.75) is 6.54 Å². The molecule has 0 saturated heterocycles. The number of hydrogen-bond acceptors (Lipinski definition) is 4. The molecule has 0 radical (unpaired) electrons. The Morgan fingerprint density at radius 2 is 1.70 bits per heavy atom. The van der Waals surface area contributed by atoms with Gasteiger partial charge in [0.05, 0.1) is 16.6 Å². The Kier molecular flexibility index (Phi) is 5.77. The molecule has 1 amide bonds. The minimum Gasteiger partial charge on any atom is -0.452 e. The summed E-state index contributed by atoms with van der Waals surface area (Å²) in [6.45, 7) is -0.136. The summed E-state index contributed by atoms with van der Waals surface area (Å²) < 4.78 is 5.22. The Balaban J connectivity index is 1.43. The quantitative estimate of drug-likeness (QED) is 0.455. The van der Waals surface area contributed by atoms with Crippen LogP contribution in [0.2, 0.25) is 5.02 Å². The van der Waals surface area contributed by atoms with E-state index in [1.54, 1.807) is 24.3 Å². The number of carbonyl (C=O) groups excluding carboxylic acids is 2. The molecule has 0 aliphatic carbocycles. The van der Waals surface area contributed by atoms with E-state index in [1.807, 2.05) is 48.5 Å². The first-order valence-electron chi connectivity index (χ1n) is 9.33. The first kappa shape index (κ1) is 19.7. The SMILES string of the molecule is O=C(COC(=O)c1ccccc1-c1nc2ccccc2[nH]1)NCc1ccccc1Cl. The van der Waals surface area contributed by atoms with Gasteiger partial charge in [-0.1, -0.05) is 60.1 Å². The molecule has 150 valence electrons. The van der Waals surface area contributed by atoms with Gasteiger partial charge < -0.3 is 15.0 Å². The molecule has 3 aromatic carbocycles. The maximum atomic E-state index is 12.6. The predicted octanol–water partition coefficient (Wildman–Crippen LogP) is 4.36. The van der Waals surface area contributed by atoms with Gasteiger partial charge >= 0.3 is 5.97 Å². The van der Waals surface area contributed by atoms with Crippen molar-refractivity contribution >= 4 is 34.5 Å². The highest BCUT2D eigenvalue weighted by molar-refractivity contribution is 6.31. The molecule has 30 heavy (non-hydrogen) atoms. The van der Waals surface area contributed by atoms with Crippen molar-refractivity contribution in [2.75, 3.05) is 6.61 Å². The van der Waals surface area contributed by atoms with Gasteiger partial charge in [-0.2, -0.15) is 0 Å². The van der Waals surface area contributed by atoms with Crippen LogP contribution in [0.15, 0.2) is 72.8 Å². The molecule has 4 aromatic rings. The molecular weight excluding hydrogens is 402 g/mol. The number of imidazole rings is 1. The van der Waals surface area contributed by atoms with Gasteiger partial charge in [0, 0.05) is 17.1 Å². The summed E-state index contributed by atoms with van der Waals surface area (Å²) in [7, 11) is 0. The molecular formula is C23H18ClN3O3. The number of carbonyl (C=O) groups is 2. The lowest BCUT2D eigenvalue weighted by Crippen LogP contribution is -2.28. The van der Waals surface area contributed by atoms with Crippen molar-refractivity contribution in [3.05, 3.63) is 88.9 Å². The van der Waals surface area contributed by atoms with Crippen LogP contribution in [0.1, 0.15) is 15.9 Å². The average molecular weight is 420 g/mol. The molecule has 7 heteroatoms. The highest BCUT2D eigenvalue weighted by atomic mass is 35.5. The lowest BCUT2D eigenvalue weighted by atomic mass is 10.1. The lowest BCUT2D eigenvalue weighted by Gasteiger charge is -2.09. The molecule has 0 bridgehead atoms. The van der Waals surface area contributed by atoms with Crippen LogP contribution < -0.4 is 5.32 Å². The maximum Gasteiger partial charge on any atom is 0.339 e. The molecule has 0 fully saturated rings. The number of fused-ring (bicyclic) bond motifs is 1. The summed E-state index contributed by atoms with van der Waals surface area (Å²) in [5, 5.41) is 3.26. The number of ether oxygens (including phenoxy) is 1. The third-order valence-electron chi connectivity index (χ3n) is 4.56. The van der Waals surface area contributed by atoms with Crippen LogP contribution in [0.5, 0.6) is 0 Å². The van der Waals surface area contributed by atoms with E-state index >= 15 is 0 Å². The average Bonchev–Trinajstić information content (AvgIpc) is 3.21. The van der Waals surface area contributed by atoms with Crippen molar-refractivity contribution in [1.29, 1.82) is 0 Å². The number of nitrogens with zero attached hydrogens (tertiary/aromatic N) is 1. The van der Waals surface area contributed by atoms with Crippen LogP contribution >= 0.6 is 11.6 Å². The summed E-state index contributed by atoms with van der Waals surface area (Å²) in [4.78, 5) is 32.5. The van der Waals surface area contributed by atoms with Crippen molar-refractivity contribution in [3.8, 4) is 11.4 Å². The molecule has 4 rings (SSSR count). The molecule has 6 nitrogen and oxygen atoms in total. The Morgan fingerprint density at radius 1 is 0.967 bits per heavy atom. The second-order valence-electron chi connectivity index (χ2n) is 6.59. The number of aromatic nitrogens is 2. The van der Waals surface area contributed by atoms with Crippen LogP contribution in [-0.2, 0) is 16.1 Å². The van der Waals surface area contributed by atoms with Crippen LogP contribution in [0.3, 0.4) is 0 Å². The fourth-order valence-electron chi connectivity index (χ4n) is 3.04. The normalized spacial score (nSPS) is 10.7. The third-order valence-corrected chi connectivity index (χ3v) is 4.93. The number of hydrogen-bond donors (Lipinski definition) is 2. The van der Waals surface area contributed by atoms with Crippen LogP contribution in [0.25, 0.3) is 22.4 Å². The first-order chi connectivity index (χ1) is 14.6. The van der Waals surface area contributed by atoms with Gasteiger partial charge in [0.1, 0.15) is 5.82 Å². The summed E-state index contributed by atoms with van der Waals surface area (Å²) in [5.74, 6) is -0.449. The van der Waals surface area contributed by atoms with E-state index in [0.29, 0.717) is 22.0 Å². The topological polar surface area (TPSA) is 84.1 Å². The monoisotopic (exact) mass is 419 g/mol. The number of rotatable bonds is 6. The van der Waals surface area contributed by atoms with Gasteiger partial charge in [0.25, 0.3) is 5.91 Å². The van der Waals surface area contributed by atoms with Gasteiger partial charge in [0.2, 0.25) is 0 Å². The number of para-hydroxylation sites is 2. The van der Waals surface area contributed by atoms with Crippen LogP contribution in [-0.4, -0.2) is 28.5 Å². The van der Waals surface area contributed by atoms with Gasteiger partial charge in [-0.25, -0.2) is 9.78 Å². The summed E-state index contributed by atoms with van der Waals surface area (Å²) in [6, 6.07) is 21.8. The zero-order valence-electron chi connectivity index (χ0n) is 15.9. The molecule has 0 aliphatic rings. The van der Waals surface area contributed by atoms with Crippen molar-refractivity contribution in [2.24, 2.45) is 0 Å². The smallest absolute Gasteiger partial charge is 0.339 e. The van der Waals surface area contributed by atoms with E-state index in [-0.39, 0.29) is 6.54 Å².